The molecule has 3 aromatic rings. The van der Waals surface area contributed by atoms with E-state index in [4.69, 9.17) is 9.47 Å². The average Bonchev–Trinajstić information content (AvgIpc) is 3.45. The van der Waals surface area contributed by atoms with Crippen molar-refractivity contribution < 1.29 is 24.2 Å². The molecule has 1 saturated heterocycles. The molecule has 0 saturated carbocycles. The molecule has 1 unspecified atom stereocenters. The lowest BCUT2D eigenvalue weighted by molar-refractivity contribution is -0.140. The van der Waals surface area contributed by atoms with Crippen molar-refractivity contribution in [3.8, 4) is 11.5 Å². The maximum atomic E-state index is 13.3. The number of amides is 1. The van der Waals surface area contributed by atoms with Crippen molar-refractivity contribution in [2.45, 2.75) is 38.8 Å². The van der Waals surface area contributed by atoms with Crippen molar-refractivity contribution >= 4 is 28.8 Å². The third-order valence-corrected chi connectivity index (χ3v) is 7.02. The second-order valence-electron chi connectivity index (χ2n) is 9.44. The van der Waals surface area contributed by atoms with E-state index in [1.165, 1.54) is 16.2 Å². The van der Waals surface area contributed by atoms with E-state index in [0.717, 1.165) is 10.4 Å². The number of benzene rings is 2. The minimum Gasteiger partial charge on any atom is -0.507 e. The summed E-state index contributed by atoms with van der Waals surface area (Å²) in [6.07, 6.45) is 0. The SMILES string of the molecule is COc1ccc(C2/C(=C(/O)c3ccc(OC)c(C(C)(C)C)c3)C(=O)C(=O)N2Cc2cccs2)cc1. The van der Waals surface area contributed by atoms with E-state index in [0.29, 0.717) is 22.6 Å². The Balaban J connectivity index is 1.88. The lowest BCUT2D eigenvalue weighted by Gasteiger charge is -2.25. The van der Waals surface area contributed by atoms with Crippen LogP contribution in [0.5, 0.6) is 11.5 Å². The van der Waals surface area contributed by atoms with Crippen molar-refractivity contribution in [2.75, 3.05) is 14.2 Å². The van der Waals surface area contributed by atoms with Crippen LogP contribution >= 0.6 is 11.3 Å². The number of aliphatic hydroxyl groups is 1. The second kappa shape index (κ2) is 9.58. The number of hydrogen-bond acceptors (Lipinski definition) is 6. The Kier molecular flexibility index (Phi) is 6.72. The number of hydrogen-bond donors (Lipinski definition) is 1. The van der Waals surface area contributed by atoms with Crippen LogP contribution in [-0.2, 0) is 21.5 Å². The summed E-state index contributed by atoms with van der Waals surface area (Å²) in [7, 11) is 3.18. The Hall–Kier alpha value is -3.58. The zero-order valence-electron chi connectivity index (χ0n) is 20.5. The van der Waals surface area contributed by atoms with E-state index < -0.39 is 17.7 Å². The maximum Gasteiger partial charge on any atom is 0.295 e. The molecule has 1 fully saturated rings. The van der Waals surface area contributed by atoms with Crippen LogP contribution in [0, 0.1) is 0 Å². The Labute approximate surface area is 209 Å². The van der Waals surface area contributed by atoms with Crippen molar-refractivity contribution in [2.24, 2.45) is 0 Å². The van der Waals surface area contributed by atoms with Gasteiger partial charge in [0.15, 0.2) is 0 Å². The van der Waals surface area contributed by atoms with Gasteiger partial charge in [-0.2, -0.15) is 0 Å². The number of likely N-dealkylation sites (tertiary alicyclic amines) is 1. The Bertz CT molecular complexity index is 1270. The first-order chi connectivity index (χ1) is 16.7. The molecule has 2 aromatic carbocycles. The molecule has 1 aromatic heterocycles. The lowest BCUT2D eigenvalue weighted by atomic mass is 9.84. The molecule has 35 heavy (non-hydrogen) atoms. The first kappa shape index (κ1) is 24.5. The number of rotatable bonds is 6. The van der Waals surface area contributed by atoms with Crippen LogP contribution in [0.3, 0.4) is 0 Å². The number of methoxy groups -OCH3 is 2. The second-order valence-corrected chi connectivity index (χ2v) is 10.5. The summed E-state index contributed by atoms with van der Waals surface area (Å²) in [5.74, 6) is -0.183. The Morgan fingerprint density at radius 2 is 1.74 bits per heavy atom. The standard InChI is InChI=1S/C28H29NO5S/c1-28(2,3)21-15-18(10-13-22(21)34-5)25(30)23-24(17-8-11-19(33-4)12-9-17)29(27(32)26(23)31)16-20-7-6-14-35-20/h6-15,24,30H,16H2,1-5H3/b25-23-. The molecule has 7 heteroatoms. The lowest BCUT2D eigenvalue weighted by Crippen LogP contribution is -2.28. The summed E-state index contributed by atoms with van der Waals surface area (Å²) in [6, 6.07) is 15.6. The van der Waals surface area contributed by atoms with Gasteiger partial charge in [-0.25, -0.2) is 0 Å². The number of carbonyl (C=O) groups is 2. The molecule has 0 aliphatic carbocycles. The van der Waals surface area contributed by atoms with Gasteiger partial charge in [0.1, 0.15) is 17.3 Å². The molecule has 0 spiro atoms. The maximum absolute atomic E-state index is 13.3. The molecule has 1 N–H and O–H groups in total. The number of Topliss-reactive ketones (excluding diaryl/α,β-unsaturated/α-hetero) is 1. The van der Waals surface area contributed by atoms with E-state index in [1.54, 1.807) is 38.5 Å². The van der Waals surface area contributed by atoms with Crippen LogP contribution in [0.25, 0.3) is 5.76 Å². The Morgan fingerprint density at radius 3 is 2.31 bits per heavy atom. The van der Waals surface area contributed by atoms with Gasteiger partial charge in [-0.15, -0.1) is 11.3 Å². The first-order valence-corrected chi connectivity index (χ1v) is 12.2. The third kappa shape index (κ3) is 4.68. The largest absolute Gasteiger partial charge is 0.507 e. The number of ether oxygens (including phenoxy) is 2. The quantitative estimate of drug-likeness (QED) is 0.273. The molecule has 0 bridgehead atoms. The predicted octanol–water partition coefficient (Wildman–Crippen LogP) is 5.68. The number of ketones is 1. The van der Waals surface area contributed by atoms with Gasteiger partial charge in [-0.3, -0.25) is 9.59 Å². The van der Waals surface area contributed by atoms with E-state index in [2.05, 4.69) is 0 Å². The van der Waals surface area contributed by atoms with Gasteiger partial charge in [0.2, 0.25) is 0 Å². The number of thiophene rings is 1. The van der Waals surface area contributed by atoms with Crippen LogP contribution in [0.1, 0.15) is 48.4 Å². The third-order valence-electron chi connectivity index (χ3n) is 6.16. The van der Waals surface area contributed by atoms with Crippen molar-refractivity contribution in [3.63, 3.8) is 0 Å². The zero-order valence-corrected chi connectivity index (χ0v) is 21.3. The van der Waals surface area contributed by atoms with Gasteiger partial charge in [0.05, 0.1) is 32.4 Å². The molecule has 182 valence electrons. The van der Waals surface area contributed by atoms with E-state index in [-0.39, 0.29) is 23.3 Å². The van der Waals surface area contributed by atoms with Crippen LogP contribution < -0.4 is 9.47 Å². The molecule has 6 nitrogen and oxygen atoms in total. The summed E-state index contributed by atoms with van der Waals surface area (Å²) in [5, 5.41) is 13.4. The van der Waals surface area contributed by atoms with E-state index in [9.17, 15) is 14.7 Å². The molecule has 4 rings (SSSR count). The molecule has 1 atom stereocenters. The Morgan fingerprint density at radius 1 is 1.03 bits per heavy atom. The van der Waals surface area contributed by atoms with E-state index >= 15 is 0 Å². The topological polar surface area (TPSA) is 76.1 Å². The molecule has 2 heterocycles. The van der Waals surface area contributed by atoms with Crippen LogP contribution in [0.4, 0.5) is 0 Å². The van der Waals surface area contributed by atoms with Crippen molar-refractivity contribution in [3.05, 3.63) is 87.1 Å². The molecule has 1 aliphatic heterocycles. The van der Waals surface area contributed by atoms with Gasteiger partial charge in [-0.05, 0) is 52.8 Å². The average molecular weight is 492 g/mol. The number of carbonyl (C=O) groups excluding carboxylic acids is 2. The van der Waals surface area contributed by atoms with Gasteiger partial charge in [0.25, 0.3) is 11.7 Å². The van der Waals surface area contributed by atoms with Gasteiger partial charge in [-0.1, -0.05) is 39.0 Å². The highest BCUT2D eigenvalue weighted by Gasteiger charge is 2.46. The summed E-state index contributed by atoms with van der Waals surface area (Å²) < 4.78 is 10.8. The van der Waals surface area contributed by atoms with Crippen LogP contribution in [0.15, 0.2) is 65.6 Å². The predicted molar refractivity (Wildman–Crippen MR) is 137 cm³/mol. The summed E-state index contributed by atoms with van der Waals surface area (Å²) in [6.45, 7) is 6.41. The highest BCUT2D eigenvalue weighted by atomic mass is 32.1. The molecular formula is C28H29NO5S. The zero-order chi connectivity index (χ0) is 25.3. The van der Waals surface area contributed by atoms with Gasteiger partial charge < -0.3 is 19.5 Å². The summed E-state index contributed by atoms with van der Waals surface area (Å²) in [4.78, 5) is 29.0. The minimum atomic E-state index is -0.733. The first-order valence-electron chi connectivity index (χ1n) is 11.3. The van der Waals surface area contributed by atoms with E-state index in [1.807, 2.05) is 56.5 Å². The molecule has 1 aliphatic rings. The van der Waals surface area contributed by atoms with Crippen molar-refractivity contribution in [1.82, 2.24) is 4.90 Å². The fourth-order valence-electron chi connectivity index (χ4n) is 4.34. The monoisotopic (exact) mass is 491 g/mol. The van der Waals surface area contributed by atoms with Crippen molar-refractivity contribution in [1.29, 1.82) is 0 Å². The van der Waals surface area contributed by atoms with Gasteiger partial charge >= 0.3 is 0 Å². The highest BCUT2D eigenvalue weighted by molar-refractivity contribution is 7.09. The number of nitrogens with zero attached hydrogens (tertiary/aromatic N) is 1. The molecular weight excluding hydrogens is 462 g/mol. The van der Waals surface area contributed by atoms with Gasteiger partial charge in [0, 0.05) is 16.0 Å². The fourth-order valence-corrected chi connectivity index (χ4v) is 5.05. The highest BCUT2D eigenvalue weighted by Crippen LogP contribution is 2.42. The van der Waals surface area contributed by atoms with Crippen LogP contribution in [0.2, 0.25) is 0 Å². The minimum absolute atomic E-state index is 0.0711. The smallest absolute Gasteiger partial charge is 0.295 e. The normalized spacial score (nSPS) is 17.6. The molecule has 1 amide bonds. The van der Waals surface area contributed by atoms with Crippen LogP contribution in [-0.4, -0.2) is 35.9 Å². The number of aliphatic hydroxyl groups excluding tert-OH is 1. The molecule has 0 radical (unpaired) electrons. The summed E-state index contributed by atoms with van der Waals surface area (Å²) >= 11 is 1.51. The summed E-state index contributed by atoms with van der Waals surface area (Å²) in [5.41, 5.74) is 1.87. The fraction of sp³-hybridized carbons (Fsp3) is 0.286.